The summed E-state index contributed by atoms with van der Waals surface area (Å²) in [5, 5.41) is 17.5. The van der Waals surface area contributed by atoms with Gasteiger partial charge in [-0.3, -0.25) is 4.90 Å². The highest BCUT2D eigenvalue weighted by Gasteiger charge is 2.39. The highest BCUT2D eigenvalue weighted by molar-refractivity contribution is 5.80. The van der Waals surface area contributed by atoms with E-state index in [4.69, 9.17) is 10.2 Å². The van der Waals surface area contributed by atoms with Gasteiger partial charge in [-0.1, -0.05) is 6.08 Å². The number of nitrogens with zero attached hydrogens (tertiary/aromatic N) is 1. The van der Waals surface area contributed by atoms with Crippen LogP contribution in [-0.2, 0) is 4.79 Å². The van der Waals surface area contributed by atoms with Crippen molar-refractivity contribution >= 4 is 12.1 Å². The fraction of sp³-hybridized carbons (Fsp3) is 0.500. The summed E-state index contributed by atoms with van der Waals surface area (Å²) in [6.07, 6.45) is 1.16. The third-order valence-corrected chi connectivity index (χ3v) is 2.21. The molecule has 0 aromatic carbocycles. The minimum absolute atomic E-state index is 0.359. The molecule has 0 aromatic rings. The maximum Gasteiger partial charge on any atom is 0.408 e. The van der Waals surface area contributed by atoms with E-state index in [0.717, 1.165) is 4.90 Å². The van der Waals surface area contributed by atoms with Gasteiger partial charge in [0.15, 0.2) is 0 Å². The minimum atomic E-state index is -1.20. The predicted octanol–water partition coefficient (Wildman–Crippen LogP) is 0.768. The standard InChI is InChI=1S/C8H11NO4/c1-2-5-3-4-6(7(10)11)9(5)8(12)13/h2,5-6H,1,3-4H2,(H,10,11)(H,12,13)/t5-,6-/m0/s1. The molecule has 0 unspecified atom stereocenters. The summed E-state index contributed by atoms with van der Waals surface area (Å²) in [4.78, 5) is 22.3. The molecule has 13 heavy (non-hydrogen) atoms. The summed E-state index contributed by atoms with van der Waals surface area (Å²) in [6.45, 7) is 3.47. The molecule has 0 radical (unpaired) electrons. The lowest BCUT2D eigenvalue weighted by Crippen LogP contribution is -2.43. The monoisotopic (exact) mass is 185 g/mol. The second-order valence-corrected chi connectivity index (χ2v) is 2.92. The molecule has 1 heterocycles. The van der Waals surface area contributed by atoms with Crippen molar-refractivity contribution in [1.82, 2.24) is 4.90 Å². The highest BCUT2D eigenvalue weighted by atomic mass is 16.4. The Hall–Kier alpha value is -1.52. The second-order valence-electron chi connectivity index (χ2n) is 2.92. The molecule has 1 aliphatic rings. The van der Waals surface area contributed by atoms with Crippen LogP contribution in [0.2, 0.25) is 0 Å². The van der Waals surface area contributed by atoms with Gasteiger partial charge in [0.05, 0.1) is 6.04 Å². The molecule has 0 saturated carbocycles. The van der Waals surface area contributed by atoms with Crippen LogP contribution < -0.4 is 0 Å². The van der Waals surface area contributed by atoms with Crippen molar-refractivity contribution in [3.8, 4) is 0 Å². The minimum Gasteiger partial charge on any atom is -0.480 e. The molecular weight excluding hydrogens is 174 g/mol. The Labute approximate surface area is 75.3 Å². The van der Waals surface area contributed by atoms with Crippen molar-refractivity contribution in [1.29, 1.82) is 0 Å². The third-order valence-electron chi connectivity index (χ3n) is 2.21. The van der Waals surface area contributed by atoms with E-state index in [1.54, 1.807) is 0 Å². The Morgan fingerprint density at radius 1 is 1.38 bits per heavy atom. The zero-order valence-electron chi connectivity index (χ0n) is 7.01. The van der Waals surface area contributed by atoms with Crippen LogP contribution in [0.4, 0.5) is 4.79 Å². The molecule has 5 nitrogen and oxygen atoms in total. The maximum absolute atomic E-state index is 10.7. The van der Waals surface area contributed by atoms with Crippen LogP contribution in [0.5, 0.6) is 0 Å². The Bertz CT molecular complexity index is 251. The van der Waals surface area contributed by atoms with Crippen molar-refractivity contribution in [2.75, 3.05) is 0 Å². The van der Waals surface area contributed by atoms with Crippen LogP contribution in [-0.4, -0.2) is 39.3 Å². The molecule has 2 N–H and O–H groups in total. The van der Waals surface area contributed by atoms with Crippen LogP contribution in [0.1, 0.15) is 12.8 Å². The fourth-order valence-electron chi connectivity index (χ4n) is 1.59. The Balaban J connectivity index is 2.84. The first-order chi connectivity index (χ1) is 6.07. The smallest absolute Gasteiger partial charge is 0.408 e. The Morgan fingerprint density at radius 3 is 2.38 bits per heavy atom. The van der Waals surface area contributed by atoms with Gasteiger partial charge in [0.2, 0.25) is 0 Å². The zero-order chi connectivity index (χ0) is 10.0. The van der Waals surface area contributed by atoms with E-state index in [2.05, 4.69) is 6.58 Å². The molecule has 2 atom stereocenters. The molecule has 0 spiro atoms. The number of hydrogen-bond acceptors (Lipinski definition) is 2. The average Bonchev–Trinajstić information content (AvgIpc) is 2.46. The zero-order valence-corrected chi connectivity index (χ0v) is 7.01. The molecule has 0 aliphatic carbocycles. The average molecular weight is 185 g/mol. The highest BCUT2D eigenvalue weighted by Crippen LogP contribution is 2.24. The van der Waals surface area contributed by atoms with Crippen molar-refractivity contribution < 1.29 is 19.8 Å². The van der Waals surface area contributed by atoms with Crippen LogP contribution in [0, 0.1) is 0 Å². The number of likely N-dealkylation sites (tertiary alicyclic amines) is 1. The Kier molecular flexibility index (Phi) is 2.55. The quantitative estimate of drug-likeness (QED) is 0.623. The molecule has 0 aromatic heterocycles. The topological polar surface area (TPSA) is 77.8 Å². The van der Waals surface area contributed by atoms with Gasteiger partial charge in [0, 0.05) is 0 Å². The van der Waals surface area contributed by atoms with Crippen molar-refractivity contribution in [2.24, 2.45) is 0 Å². The van der Waals surface area contributed by atoms with E-state index in [0.29, 0.717) is 12.8 Å². The first-order valence-electron chi connectivity index (χ1n) is 3.94. The summed E-state index contributed by atoms with van der Waals surface area (Å²) in [6, 6.07) is -1.28. The Morgan fingerprint density at radius 2 is 2.00 bits per heavy atom. The lowest BCUT2D eigenvalue weighted by Gasteiger charge is -2.22. The summed E-state index contributed by atoms with van der Waals surface area (Å²) in [7, 11) is 0. The van der Waals surface area contributed by atoms with Gasteiger partial charge < -0.3 is 10.2 Å². The second kappa shape index (κ2) is 3.47. The molecule has 1 amide bonds. The largest absolute Gasteiger partial charge is 0.480 e. The van der Waals surface area contributed by atoms with Gasteiger partial charge in [-0.2, -0.15) is 0 Å². The molecule has 1 saturated heterocycles. The third kappa shape index (κ3) is 1.63. The summed E-state index contributed by atoms with van der Waals surface area (Å²) < 4.78 is 0. The SMILES string of the molecule is C=C[C@H]1CC[C@@H](C(=O)O)N1C(=O)O. The van der Waals surface area contributed by atoms with Crippen molar-refractivity contribution in [3.05, 3.63) is 12.7 Å². The lowest BCUT2D eigenvalue weighted by molar-refractivity contribution is -0.141. The van der Waals surface area contributed by atoms with Crippen LogP contribution >= 0.6 is 0 Å². The molecule has 1 aliphatic heterocycles. The number of hydrogen-bond donors (Lipinski definition) is 2. The maximum atomic E-state index is 10.7. The van der Waals surface area contributed by atoms with Gasteiger partial charge in [-0.05, 0) is 12.8 Å². The van der Waals surface area contributed by atoms with Crippen molar-refractivity contribution in [2.45, 2.75) is 24.9 Å². The fourth-order valence-corrected chi connectivity index (χ4v) is 1.59. The summed E-state index contributed by atoms with van der Waals surface area (Å²) >= 11 is 0. The van der Waals surface area contributed by atoms with Crippen LogP contribution in [0.15, 0.2) is 12.7 Å². The van der Waals surface area contributed by atoms with E-state index in [1.807, 2.05) is 0 Å². The van der Waals surface area contributed by atoms with Gasteiger partial charge in [-0.15, -0.1) is 6.58 Å². The summed E-state index contributed by atoms with van der Waals surface area (Å²) in [5.41, 5.74) is 0. The summed E-state index contributed by atoms with van der Waals surface area (Å²) in [5.74, 6) is -1.09. The number of carboxylic acid groups (broad SMARTS) is 2. The van der Waals surface area contributed by atoms with E-state index in [9.17, 15) is 9.59 Å². The lowest BCUT2D eigenvalue weighted by atomic mass is 10.2. The number of aliphatic carboxylic acids is 1. The van der Waals surface area contributed by atoms with Gasteiger partial charge >= 0.3 is 12.1 Å². The number of carbonyl (C=O) groups is 2. The van der Waals surface area contributed by atoms with Crippen molar-refractivity contribution in [3.63, 3.8) is 0 Å². The van der Waals surface area contributed by atoms with E-state index in [1.165, 1.54) is 6.08 Å². The predicted molar refractivity (Wildman–Crippen MR) is 44.5 cm³/mol. The number of rotatable bonds is 2. The molecule has 0 bridgehead atoms. The van der Waals surface area contributed by atoms with Gasteiger partial charge in [-0.25, -0.2) is 9.59 Å². The normalized spacial score (nSPS) is 27.2. The van der Waals surface area contributed by atoms with E-state index < -0.39 is 18.1 Å². The first-order valence-corrected chi connectivity index (χ1v) is 3.94. The van der Waals surface area contributed by atoms with E-state index in [-0.39, 0.29) is 6.04 Å². The number of amides is 1. The van der Waals surface area contributed by atoms with Crippen LogP contribution in [0.3, 0.4) is 0 Å². The molecule has 1 fully saturated rings. The van der Waals surface area contributed by atoms with E-state index >= 15 is 0 Å². The number of carboxylic acids is 1. The first kappa shape index (κ1) is 9.57. The molecule has 72 valence electrons. The molecule has 1 rings (SSSR count). The van der Waals surface area contributed by atoms with Crippen LogP contribution in [0.25, 0.3) is 0 Å². The van der Waals surface area contributed by atoms with Gasteiger partial charge in [0.1, 0.15) is 6.04 Å². The molecule has 5 heteroatoms. The molecular formula is C8H11NO4. The van der Waals surface area contributed by atoms with Gasteiger partial charge in [0.25, 0.3) is 0 Å².